The maximum atomic E-state index is 13.4. The zero-order chi connectivity index (χ0) is 53.4. The van der Waals surface area contributed by atoms with Gasteiger partial charge in [-0.2, -0.15) is 0 Å². The lowest BCUT2D eigenvalue weighted by Gasteiger charge is -2.30. The average molecular weight is 1010 g/mol. The van der Waals surface area contributed by atoms with Gasteiger partial charge in [0.2, 0.25) is 0 Å². The Kier molecular flexibility index (Phi) is 15.3. The summed E-state index contributed by atoms with van der Waals surface area (Å²) in [7, 11) is 1.65. The SMILES string of the molecule is CCC(C)(c1ccc(OC)cc1)c1ccc(OC(=O)c2ccc3cc(C(=O)Oc4ccc(C(C)(CC)c5ccc(OC(=O)c6ccc(Oc7ccc(Oc8ccc(C(C)=O)cc8)cc7)cc6)cc5)cc4)ccc3c2)cc1. The van der Waals surface area contributed by atoms with Crippen LogP contribution in [0.3, 0.4) is 0 Å². The first-order valence-corrected chi connectivity index (χ1v) is 25.1. The van der Waals surface area contributed by atoms with Gasteiger partial charge in [-0.25, -0.2) is 14.4 Å². The molecule has 10 heteroatoms. The molecule has 0 fully saturated rings. The van der Waals surface area contributed by atoms with Crippen LogP contribution in [0.15, 0.2) is 206 Å². The maximum Gasteiger partial charge on any atom is 0.343 e. The molecule has 0 saturated heterocycles. The zero-order valence-corrected chi connectivity index (χ0v) is 43.1. The molecule has 0 bridgehead atoms. The molecule has 9 aromatic rings. The quantitative estimate of drug-likeness (QED) is 0.0466. The summed E-state index contributed by atoms with van der Waals surface area (Å²) in [5.41, 5.74) is 5.41. The minimum Gasteiger partial charge on any atom is -0.497 e. The van der Waals surface area contributed by atoms with E-state index in [0.29, 0.717) is 62.5 Å². The summed E-state index contributed by atoms with van der Waals surface area (Å²) in [6, 6.07) is 61.9. The van der Waals surface area contributed by atoms with Crippen LogP contribution >= 0.6 is 0 Å². The van der Waals surface area contributed by atoms with Crippen molar-refractivity contribution in [1.82, 2.24) is 0 Å². The predicted molar refractivity (Wildman–Crippen MR) is 294 cm³/mol. The zero-order valence-electron chi connectivity index (χ0n) is 43.1. The molecule has 0 aliphatic carbocycles. The molecular formula is C66H56O10. The highest BCUT2D eigenvalue weighted by Gasteiger charge is 2.29. The third-order valence-electron chi connectivity index (χ3n) is 14.2. The lowest BCUT2D eigenvalue weighted by atomic mass is 9.74. The van der Waals surface area contributed by atoms with E-state index in [1.165, 1.54) is 12.5 Å². The number of fused-ring (bicyclic) bond motifs is 1. The number of hydrogen-bond acceptors (Lipinski definition) is 10. The monoisotopic (exact) mass is 1010 g/mol. The lowest BCUT2D eigenvalue weighted by molar-refractivity contribution is 0.0725. The molecule has 2 atom stereocenters. The Balaban J connectivity index is 0.764. The minimum atomic E-state index is -0.509. The number of ketones is 1. The van der Waals surface area contributed by atoms with Crippen LogP contribution in [0.5, 0.6) is 46.0 Å². The molecule has 0 heterocycles. The van der Waals surface area contributed by atoms with Gasteiger partial charge in [-0.3, -0.25) is 4.79 Å². The van der Waals surface area contributed by atoms with Crippen LogP contribution in [0.25, 0.3) is 10.8 Å². The average Bonchev–Trinajstić information content (AvgIpc) is 3.46. The molecule has 0 aliphatic rings. The van der Waals surface area contributed by atoms with Crippen molar-refractivity contribution in [2.45, 2.75) is 58.3 Å². The smallest absolute Gasteiger partial charge is 0.343 e. The fourth-order valence-corrected chi connectivity index (χ4v) is 9.04. The topological polar surface area (TPSA) is 124 Å². The summed E-state index contributed by atoms with van der Waals surface area (Å²) >= 11 is 0. The van der Waals surface area contributed by atoms with Crippen molar-refractivity contribution in [2.75, 3.05) is 7.11 Å². The van der Waals surface area contributed by atoms with Crippen LogP contribution in [0.4, 0.5) is 0 Å². The van der Waals surface area contributed by atoms with Crippen LogP contribution in [0, 0.1) is 0 Å². The Bertz CT molecular complexity index is 3510. The number of esters is 3. The molecule has 0 aromatic heterocycles. The van der Waals surface area contributed by atoms with Crippen molar-refractivity contribution < 1.29 is 47.6 Å². The van der Waals surface area contributed by atoms with Gasteiger partial charge in [0.05, 0.1) is 23.8 Å². The van der Waals surface area contributed by atoms with E-state index in [0.717, 1.165) is 46.1 Å². The highest BCUT2D eigenvalue weighted by molar-refractivity contribution is 6.00. The van der Waals surface area contributed by atoms with E-state index in [1.54, 1.807) is 141 Å². The third kappa shape index (κ3) is 11.6. The summed E-state index contributed by atoms with van der Waals surface area (Å²) in [5, 5.41) is 1.54. The molecule has 9 aromatic carbocycles. The van der Waals surface area contributed by atoms with E-state index in [4.69, 9.17) is 28.4 Å². The van der Waals surface area contributed by atoms with Crippen LogP contribution in [0.2, 0.25) is 0 Å². The number of carbonyl (C=O) groups excluding carboxylic acids is 4. The van der Waals surface area contributed by atoms with Crippen molar-refractivity contribution >= 4 is 34.5 Å². The highest BCUT2D eigenvalue weighted by atomic mass is 16.5. The Labute approximate surface area is 442 Å². The number of ether oxygens (including phenoxy) is 6. The van der Waals surface area contributed by atoms with E-state index in [1.807, 2.05) is 60.7 Å². The normalized spacial score (nSPS) is 12.6. The summed E-state index contributed by atoms with van der Waals surface area (Å²) in [6.07, 6.45) is 1.64. The minimum absolute atomic E-state index is 0.00744. The highest BCUT2D eigenvalue weighted by Crippen LogP contribution is 2.39. The number of hydrogen-bond donors (Lipinski definition) is 0. The van der Waals surface area contributed by atoms with E-state index >= 15 is 0 Å². The van der Waals surface area contributed by atoms with Gasteiger partial charge in [-0.15, -0.1) is 0 Å². The van der Waals surface area contributed by atoms with Gasteiger partial charge >= 0.3 is 17.9 Å². The van der Waals surface area contributed by atoms with Gasteiger partial charge in [0.1, 0.15) is 46.0 Å². The van der Waals surface area contributed by atoms with Gasteiger partial charge in [-0.1, -0.05) is 88.4 Å². The molecule has 2 unspecified atom stereocenters. The molecule has 0 radical (unpaired) electrons. The van der Waals surface area contributed by atoms with E-state index < -0.39 is 23.3 Å². The summed E-state index contributed by atoms with van der Waals surface area (Å²) in [5.74, 6) is 2.91. The van der Waals surface area contributed by atoms with Crippen molar-refractivity contribution in [3.8, 4) is 46.0 Å². The fraction of sp³-hybridized carbons (Fsp3) is 0.152. The standard InChI is InChI=1S/C66H56O10/c1-7-65(4,50-17-29-54(71-6)30-18-50)51-21-33-60(34-22-51)75-63(69)48-11-9-47-42-49(12-10-46(47)41-48)64(70)76-61-35-23-53(24-36-61)66(5,8-2)52-19-31-59(32-20-52)74-62(68)45-15-27-56(28-16-45)73-58-39-37-57(38-40-58)72-55-25-13-44(14-26-55)43(3)67/h9-42H,7-8H2,1-6H3. The van der Waals surface area contributed by atoms with Crippen LogP contribution in [-0.2, 0) is 10.8 Å². The third-order valence-corrected chi connectivity index (χ3v) is 14.2. The first-order valence-electron chi connectivity index (χ1n) is 25.1. The maximum absolute atomic E-state index is 13.4. The summed E-state index contributed by atoms with van der Waals surface area (Å²) in [4.78, 5) is 51.4. The molecule has 0 aliphatic heterocycles. The van der Waals surface area contributed by atoms with Crippen molar-refractivity contribution in [1.29, 1.82) is 0 Å². The Hall–Kier alpha value is -9.28. The van der Waals surface area contributed by atoms with E-state index in [-0.39, 0.29) is 11.2 Å². The van der Waals surface area contributed by atoms with Crippen LogP contribution in [-0.4, -0.2) is 30.8 Å². The molecular weight excluding hydrogens is 953 g/mol. The summed E-state index contributed by atoms with van der Waals surface area (Å²) < 4.78 is 34.6. The predicted octanol–water partition coefficient (Wildman–Crippen LogP) is 15.7. The number of carbonyl (C=O) groups is 4. The summed E-state index contributed by atoms with van der Waals surface area (Å²) in [6.45, 7) is 10.1. The second-order valence-corrected chi connectivity index (χ2v) is 18.9. The largest absolute Gasteiger partial charge is 0.497 e. The van der Waals surface area contributed by atoms with Gasteiger partial charge in [0.15, 0.2) is 5.78 Å². The first-order chi connectivity index (χ1) is 36.7. The number of methoxy groups -OCH3 is 1. The van der Waals surface area contributed by atoms with Gasteiger partial charge in [0.25, 0.3) is 0 Å². The molecule has 10 nitrogen and oxygen atoms in total. The lowest BCUT2D eigenvalue weighted by Crippen LogP contribution is -2.22. The van der Waals surface area contributed by atoms with E-state index in [2.05, 4.69) is 39.8 Å². The first kappa shape index (κ1) is 51.6. The van der Waals surface area contributed by atoms with E-state index in [9.17, 15) is 19.2 Å². The Morgan fingerprint density at radius 1 is 0.342 bits per heavy atom. The molecule has 0 spiro atoms. The van der Waals surface area contributed by atoms with Gasteiger partial charge in [-0.05, 0) is 198 Å². The molecule has 0 N–H and O–H groups in total. The number of Topliss-reactive ketones (excluding diaryl/α,β-unsaturated/α-hetero) is 1. The molecule has 0 saturated carbocycles. The van der Waals surface area contributed by atoms with Gasteiger partial charge in [0, 0.05) is 16.4 Å². The molecule has 380 valence electrons. The number of benzene rings is 9. The Morgan fingerprint density at radius 3 is 0.908 bits per heavy atom. The van der Waals surface area contributed by atoms with Crippen molar-refractivity contribution in [3.63, 3.8) is 0 Å². The van der Waals surface area contributed by atoms with Crippen LogP contribution < -0.4 is 28.4 Å². The van der Waals surface area contributed by atoms with Crippen molar-refractivity contribution in [3.05, 3.63) is 251 Å². The Morgan fingerprint density at radius 2 is 0.605 bits per heavy atom. The second-order valence-electron chi connectivity index (χ2n) is 18.9. The van der Waals surface area contributed by atoms with Crippen molar-refractivity contribution in [2.24, 2.45) is 0 Å². The second kappa shape index (κ2) is 22.5. The molecule has 76 heavy (non-hydrogen) atoms. The number of rotatable bonds is 18. The molecule has 0 amide bonds. The molecule has 9 rings (SSSR count). The van der Waals surface area contributed by atoms with Gasteiger partial charge < -0.3 is 28.4 Å². The fourth-order valence-electron chi connectivity index (χ4n) is 9.04. The van der Waals surface area contributed by atoms with Crippen LogP contribution in [0.1, 0.15) is 111 Å².